The number of rotatable bonds is 2. The fraction of sp³-hybridized carbons (Fsp3) is 0.421. The number of carbonyl (C=O) groups excluding carboxylic acids is 1. The third-order valence-electron chi connectivity index (χ3n) is 4.96. The third-order valence-corrected chi connectivity index (χ3v) is 4.96. The van der Waals surface area contributed by atoms with Crippen molar-refractivity contribution in [3.05, 3.63) is 58.4 Å². The second kappa shape index (κ2) is 5.18. The molecule has 0 N–H and O–H groups in total. The first kappa shape index (κ1) is 12.9. The zero-order valence-electron chi connectivity index (χ0n) is 12.4. The molecule has 1 aromatic heterocycles. The van der Waals surface area contributed by atoms with Crippen LogP contribution in [0.3, 0.4) is 0 Å². The second-order valence-electron chi connectivity index (χ2n) is 6.30. The molecule has 0 bridgehead atoms. The number of hydrogen-bond donors (Lipinski definition) is 0. The minimum Gasteiger partial charge on any atom is -0.343 e. The van der Waals surface area contributed by atoms with Crippen LogP contribution in [0.1, 0.15) is 58.6 Å². The molecule has 4 rings (SSSR count). The molecule has 0 saturated carbocycles. The Hall–Kier alpha value is -1.83. The lowest BCUT2D eigenvalue weighted by Gasteiger charge is -2.17. The quantitative estimate of drug-likeness (QED) is 0.816. The third kappa shape index (κ3) is 2.14. The summed E-state index contributed by atoms with van der Waals surface area (Å²) in [4.78, 5) is 12.4. The van der Waals surface area contributed by atoms with Crippen molar-refractivity contribution in [1.82, 2.24) is 4.57 Å². The van der Waals surface area contributed by atoms with Gasteiger partial charge in [-0.15, -0.1) is 0 Å². The van der Waals surface area contributed by atoms with E-state index in [1.807, 2.05) is 0 Å². The topological polar surface area (TPSA) is 22.0 Å². The molecule has 0 amide bonds. The smallest absolute Gasteiger partial charge is 0.164 e. The SMILES string of the molecule is O=C1CCCc2c1c1c(n2Cc2ccccc2)CCCC1. The van der Waals surface area contributed by atoms with Crippen molar-refractivity contribution < 1.29 is 4.79 Å². The van der Waals surface area contributed by atoms with Gasteiger partial charge in [-0.25, -0.2) is 0 Å². The van der Waals surface area contributed by atoms with Gasteiger partial charge in [0.15, 0.2) is 5.78 Å². The van der Waals surface area contributed by atoms with E-state index in [1.54, 1.807) is 0 Å². The fourth-order valence-corrected chi connectivity index (χ4v) is 4.02. The summed E-state index contributed by atoms with van der Waals surface area (Å²) < 4.78 is 2.47. The highest BCUT2D eigenvalue weighted by atomic mass is 16.1. The number of Topliss-reactive ketones (excluding diaryl/α,β-unsaturated/α-hetero) is 1. The summed E-state index contributed by atoms with van der Waals surface area (Å²) in [5, 5.41) is 0. The van der Waals surface area contributed by atoms with Crippen LogP contribution in [-0.4, -0.2) is 10.4 Å². The summed E-state index contributed by atoms with van der Waals surface area (Å²) in [6.45, 7) is 0.922. The first-order valence-electron chi connectivity index (χ1n) is 8.15. The van der Waals surface area contributed by atoms with E-state index in [9.17, 15) is 4.79 Å². The summed E-state index contributed by atoms with van der Waals surface area (Å²) in [7, 11) is 0. The van der Waals surface area contributed by atoms with E-state index in [1.165, 1.54) is 35.4 Å². The van der Waals surface area contributed by atoms with Crippen LogP contribution in [0.4, 0.5) is 0 Å². The molecule has 1 aromatic carbocycles. The van der Waals surface area contributed by atoms with Gasteiger partial charge in [0, 0.05) is 29.9 Å². The highest BCUT2D eigenvalue weighted by molar-refractivity contribution is 6.00. The molecule has 2 aliphatic carbocycles. The molecular formula is C19H21NO. The largest absolute Gasteiger partial charge is 0.343 e. The Morgan fingerprint density at radius 2 is 1.62 bits per heavy atom. The molecule has 0 unspecified atom stereocenters. The number of carbonyl (C=O) groups is 1. The molecule has 2 aromatic rings. The standard InChI is InChI=1S/C19H21NO/c21-18-12-6-11-17-19(18)15-9-4-5-10-16(15)20(17)13-14-7-2-1-3-8-14/h1-3,7-8H,4-6,9-13H2. The molecular weight excluding hydrogens is 258 g/mol. The van der Waals surface area contributed by atoms with Crippen LogP contribution in [0.25, 0.3) is 0 Å². The molecule has 2 heteroatoms. The molecule has 0 spiro atoms. The predicted octanol–water partition coefficient (Wildman–Crippen LogP) is 3.93. The Labute approximate surface area is 125 Å². The normalized spacial score (nSPS) is 17.4. The van der Waals surface area contributed by atoms with Gasteiger partial charge in [0.05, 0.1) is 0 Å². The molecule has 21 heavy (non-hydrogen) atoms. The fourth-order valence-electron chi connectivity index (χ4n) is 4.02. The number of aromatic nitrogens is 1. The molecule has 0 saturated heterocycles. The van der Waals surface area contributed by atoms with Gasteiger partial charge in [-0.1, -0.05) is 30.3 Å². The van der Waals surface area contributed by atoms with E-state index >= 15 is 0 Å². The summed E-state index contributed by atoms with van der Waals surface area (Å²) >= 11 is 0. The number of fused-ring (bicyclic) bond motifs is 3. The Kier molecular flexibility index (Phi) is 3.17. The molecule has 0 atom stereocenters. The van der Waals surface area contributed by atoms with Crippen molar-refractivity contribution in [3.63, 3.8) is 0 Å². The number of ketones is 1. The lowest BCUT2D eigenvalue weighted by molar-refractivity contribution is 0.0971. The van der Waals surface area contributed by atoms with Crippen LogP contribution in [0.2, 0.25) is 0 Å². The summed E-state index contributed by atoms with van der Waals surface area (Å²) in [5.74, 6) is 0.390. The lowest BCUT2D eigenvalue weighted by atomic mass is 9.88. The molecule has 108 valence electrons. The van der Waals surface area contributed by atoms with E-state index in [0.717, 1.165) is 44.2 Å². The molecule has 2 nitrogen and oxygen atoms in total. The average Bonchev–Trinajstić information content (AvgIpc) is 2.84. The van der Waals surface area contributed by atoms with Gasteiger partial charge in [0.2, 0.25) is 0 Å². The maximum Gasteiger partial charge on any atom is 0.164 e. The van der Waals surface area contributed by atoms with Crippen LogP contribution in [-0.2, 0) is 25.8 Å². The Morgan fingerprint density at radius 3 is 2.48 bits per heavy atom. The second-order valence-corrected chi connectivity index (χ2v) is 6.30. The lowest BCUT2D eigenvalue weighted by Crippen LogP contribution is -2.14. The van der Waals surface area contributed by atoms with Gasteiger partial charge in [-0.3, -0.25) is 4.79 Å². The summed E-state index contributed by atoms with van der Waals surface area (Å²) in [6.07, 6.45) is 7.58. The number of benzene rings is 1. The zero-order chi connectivity index (χ0) is 14.2. The van der Waals surface area contributed by atoms with Gasteiger partial charge < -0.3 is 4.57 Å². The Morgan fingerprint density at radius 1 is 0.857 bits per heavy atom. The number of nitrogens with zero attached hydrogens (tertiary/aromatic N) is 1. The van der Waals surface area contributed by atoms with Crippen molar-refractivity contribution in [2.24, 2.45) is 0 Å². The van der Waals surface area contributed by atoms with Crippen LogP contribution < -0.4 is 0 Å². The van der Waals surface area contributed by atoms with E-state index in [4.69, 9.17) is 0 Å². The molecule has 0 aliphatic heterocycles. The van der Waals surface area contributed by atoms with Gasteiger partial charge in [0.25, 0.3) is 0 Å². The van der Waals surface area contributed by atoms with Gasteiger partial charge in [-0.05, 0) is 49.7 Å². The van der Waals surface area contributed by atoms with Crippen molar-refractivity contribution in [1.29, 1.82) is 0 Å². The maximum absolute atomic E-state index is 12.4. The van der Waals surface area contributed by atoms with Gasteiger partial charge in [0.1, 0.15) is 0 Å². The van der Waals surface area contributed by atoms with Gasteiger partial charge >= 0.3 is 0 Å². The van der Waals surface area contributed by atoms with Crippen LogP contribution in [0, 0.1) is 0 Å². The highest BCUT2D eigenvalue weighted by Gasteiger charge is 2.30. The maximum atomic E-state index is 12.4. The van der Waals surface area contributed by atoms with Gasteiger partial charge in [-0.2, -0.15) is 0 Å². The van der Waals surface area contributed by atoms with Crippen LogP contribution >= 0.6 is 0 Å². The zero-order valence-corrected chi connectivity index (χ0v) is 12.4. The molecule has 0 radical (unpaired) electrons. The molecule has 0 fully saturated rings. The van der Waals surface area contributed by atoms with Crippen LogP contribution in [0.5, 0.6) is 0 Å². The minimum absolute atomic E-state index is 0.390. The molecule has 2 aliphatic rings. The Balaban J connectivity index is 1.84. The highest BCUT2D eigenvalue weighted by Crippen LogP contribution is 2.35. The van der Waals surface area contributed by atoms with E-state index in [-0.39, 0.29) is 0 Å². The monoisotopic (exact) mass is 279 g/mol. The first-order valence-corrected chi connectivity index (χ1v) is 8.15. The van der Waals surface area contributed by atoms with Crippen molar-refractivity contribution in [2.75, 3.05) is 0 Å². The minimum atomic E-state index is 0.390. The van der Waals surface area contributed by atoms with E-state index < -0.39 is 0 Å². The first-order chi connectivity index (χ1) is 10.3. The summed E-state index contributed by atoms with van der Waals surface area (Å²) in [5.41, 5.74) is 6.60. The van der Waals surface area contributed by atoms with Crippen LogP contribution in [0.15, 0.2) is 30.3 Å². The average molecular weight is 279 g/mol. The van der Waals surface area contributed by atoms with E-state index in [0.29, 0.717) is 5.78 Å². The molecule has 1 heterocycles. The van der Waals surface area contributed by atoms with Crippen molar-refractivity contribution >= 4 is 5.78 Å². The van der Waals surface area contributed by atoms with Crippen molar-refractivity contribution in [2.45, 2.75) is 51.5 Å². The predicted molar refractivity (Wildman–Crippen MR) is 83.9 cm³/mol. The van der Waals surface area contributed by atoms with Crippen molar-refractivity contribution in [3.8, 4) is 0 Å². The summed E-state index contributed by atoms with van der Waals surface area (Å²) in [6, 6.07) is 10.6. The Bertz CT molecular complexity index is 681. The van der Waals surface area contributed by atoms with E-state index in [2.05, 4.69) is 34.9 Å². The number of hydrogen-bond acceptors (Lipinski definition) is 1.